The second-order valence-electron chi connectivity index (χ2n) is 12.2. The number of benzene rings is 2. The summed E-state index contributed by atoms with van der Waals surface area (Å²) in [6.45, 7) is 7.87. The Morgan fingerprint density at radius 3 is 2.30 bits per heavy atom. The Bertz CT molecular complexity index is 1020. The van der Waals surface area contributed by atoms with Crippen LogP contribution >= 0.6 is 0 Å². The first-order chi connectivity index (χ1) is 15.7. The lowest BCUT2D eigenvalue weighted by atomic mass is 9.72. The van der Waals surface area contributed by atoms with Crippen molar-refractivity contribution in [1.82, 2.24) is 5.32 Å². The molecule has 5 rings (SSSR count). The molecule has 0 heterocycles. The number of rotatable bonds is 6. The minimum atomic E-state index is -0.602. The molecule has 4 heteroatoms. The van der Waals surface area contributed by atoms with Gasteiger partial charge in [-0.25, -0.2) is 0 Å². The first-order valence-electron chi connectivity index (χ1n) is 12.8. The highest BCUT2D eigenvalue weighted by Crippen LogP contribution is 2.56. The average Bonchev–Trinajstić information content (AvgIpc) is 3.36. The molecule has 0 aliphatic heterocycles. The van der Waals surface area contributed by atoms with E-state index in [1.165, 1.54) is 29.2 Å². The highest BCUT2D eigenvalue weighted by Gasteiger charge is 2.58. The van der Waals surface area contributed by atoms with Gasteiger partial charge in [0, 0.05) is 12.1 Å². The summed E-state index contributed by atoms with van der Waals surface area (Å²) in [4.78, 5) is 11.7. The first kappa shape index (κ1) is 22.7. The normalized spacial score (nSPS) is 31.7. The van der Waals surface area contributed by atoms with Gasteiger partial charge in [-0.1, -0.05) is 39.0 Å². The molecule has 0 radical (unpaired) electrons. The molecule has 4 nitrogen and oxygen atoms in total. The Morgan fingerprint density at radius 1 is 1.00 bits per heavy atom. The highest BCUT2D eigenvalue weighted by atomic mass is 16.5. The average molecular weight is 450 g/mol. The van der Waals surface area contributed by atoms with Gasteiger partial charge in [0.15, 0.2) is 0 Å². The summed E-state index contributed by atoms with van der Waals surface area (Å²) in [5.41, 5.74) is 1.19. The van der Waals surface area contributed by atoms with Crippen molar-refractivity contribution in [2.24, 2.45) is 16.7 Å². The molecule has 178 valence electrons. The van der Waals surface area contributed by atoms with Crippen LogP contribution in [-0.2, 0) is 11.3 Å². The van der Waals surface area contributed by atoms with Gasteiger partial charge >= 0.3 is 5.97 Å². The Labute approximate surface area is 198 Å². The summed E-state index contributed by atoms with van der Waals surface area (Å²) in [6, 6.07) is 13.1. The van der Waals surface area contributed by atoms with Crippen LogP contribution in [0, 0.1) is 16.7 Å². The topological polar surface area (TPSA) is 58.6 Å². The molecular weight excluding hydrogens is 410 g/mol. The van der Waals surface area contributed by atoms with Gasteiger partial charge < -0.3 is 15.2 Å². The number of nitrogens with one attached hydrogen (secondary N) is 1. The van der Waals surface area contributed by atoms with Gasteiger partial charge in [0.25, 0.3) is 0 Å². The maximum Gasteiger partial charge on any atom is 0.309 e. The van der Waals surface area contributed by atoms with Crippen molar-refractivity contribution < 1.29 is 14.6 Å². The van der Waals surface area contributed by atoms with Gasteiger partial charge in [0.2, 0.25) is 0 Å². The molecule has 3 aliphatic rings. The second-order valence-corrected chi connectivity index (χ2v) is 12.2. The van der Waals surface area contributed by atoms with Crippen LogP contribution in [0.25, 0.3) is 10.8 Å². The summed E-state index contributed by atoms with van der Waals surface area (Å²) < 4.78 is 6.37. The van der Waals surface area contributed by atoms with Crippen LogP contribution in [0.3, 0.4) is 0 Å². The molecule has 0 amide bonds. The van der Waals surface area contributed by atoms with Crippen molar-refractivity contribution in [3.8, 4) is 5.75 Å². The van der Waals surface area contributed by atoms with Crippen LogP contribution in [0.15, 0.2) is 36.4 Å². The molecule has 0 spiro atoms. The van der Waals surface area contributed by atoms with Gasteiger partial charge in [-0.15, -0.1) is 0 Å². The number of carboxylic acid groups (broad SMARTS) is 1. The van der Waals surface area contributed by atoms with E-state index in [9.17, 15) is 9.90 Å². The standard InChI is InChI=1S/C29H39NO3/c1-27(2,3)23-7-10-24(11-8-23)33-25-9-6-21-16-20(4-5-22(21)17-25)18-30-29-14-12-28(19-29,13-15-29)26(31)32/h4-6,9,16-17,23-24,30H,7-8,10-15,18-19H2,1-3H3,(H,31,32)/t23-,24-,28?,29?. The van der Waals surface area contributed by atoms with Gasteiger partial charge in [-0.2, -0.15) is 0 Å². The maximum atomic E-state index is 11.7. The maximum absolute atomic E-state index is 11.7. The third-order valence-corrected chi connectivity index (χ3v) is 9.04. The zero-order valence-corrected chi connectivity index (χ0v) is 20.5. The molecule has 3 saturated carbocycles. The van der Waals surface area contributed by atoms with Crippen molar-refractivity contribution in [2.75, 3.05) is 0 Å². The monoisotopic (exact) mass is 449 g/mol. The zero-order valence-electron chi connectivity index (χ0n) is 20.5. The van der Waals surface area contributed by atoms with E-state index < -0.39 is 11.4 Å². The van der Waals surface area contributed by atoms with Gasteiger partial charge in [0.05, 0.1) is 11.5 Å². The van der Waals surface area contributed by atoms with E-state index in [1.807, 2.05) is 0 Å². The van der Waals surface area contributed by atoms with E-state index in [0.717, 1.165) is 63.2 Å². The van der Waals surface area contributed by atoms with E-state index in [-0.39, 0.29) is 5.54 Å². The predicted octanol–water partition coefficient (Wildman–Crippen LogP) is 6.70. The molecule has 2 aromatic rings. The summed E-state index contributed by atoms with van der Waals surface area (Å²) in [5, 5.41) is 15.8. The van der Waals surface area contributed by atoms with Crippen molar-refractivity contribution in [3.63, 3.8) is 0 Å². The molecule has 3 aliphatic carbocycles. The van der Waals surface area contributed by atoms with Crippen LogP contribution in [0.5, 0.6) is 5.75 Å². The number of hydrogen-bond acceptors (Lipinski definition) is 3. The van der Waals surface area contributed by atoms with Crippen molar-refractivity contribution in [1.29, 1.82) is 0 Å². The Kier molecular flexibility index (Phi) is 5.71. The van der Waals surface area contributed by atoms with E-state index >= 15 is 0 Å². The molecule has 0 aromatic heterocycles. The number of fused-ring (bicyclic) bond motifs is 3. The lowest BCUT2D eigenvalue weighted by Gasteiger charge is -2.37. The number of ether oxygens (including phenoxy) is 1. The predicted molar refractivity (Wildman–Crippen MR) is 133 cm³/mol. The summed E-state index contributed by atoms with van der Waals surface area (Å²) in [7, 11) is 0. The van der Waals surface area contributed by atoms with Gasteiger partial charge in [0.1, 0.15) is 5.75 Å². The second kappa shape index (κ2) is 8.30. The third kappa shape index (κ3) is 4.51. The van der Waals surface area contributed by atoms with Crippen LogP contribution < -0.4 is 10.1 Å². The summed E-state index contributed by atoms with van der Waals surface area (Å²) in [5.74, 6) is 1.18. The summed E-state index contributed by atoms with van der Waals surface area (Å²) in [6.07, 6.45) is 9.50. The van der Waals surface area contributed by atoms with Crippen molar-refractivity contribution in [2.45, 2.75) is 96.7 Å². The van der Waals surface area contributed by atoms with E-state index in [0.29, 0.717) is 11.5 Å². The molecule has 0 atom stereocenters. The summed E-state index contributed by atoms with van der Waals surface area (Å²) >= 11 is 0. The first-order valence-corrected chi connectivity index (χ1v) is 12.8. The Balaban J connectivity index is 1.19. The van der Waals surface area contributed by atoms with E-state index in [4.69, 9.17) is 4.74 Å². The molecule has 3 fully saturated rings. The number of carboxylic acids is 1. The van der Waals surface area contributed by atoms with Crippen LogP contribution in [0.2, 0.25) is 0 Å². The van der Waals surface area contributed by atoms with Gasteiger partial charge in [-0.05, 0) is 104 Å². The molecule has 33 heavy (non-hydrogen) atoms. The fourth-order valence-electron chi connectivity index (χ4n) is 6.72. The van der Waals surface area contributed by atoms with Crippen LogP contribution in [-0.4, -0.2) is 22.7 Å². The zero-order chi connectivity index (χ0) is 23.3. The minimum Gasteiger partial charge on any atom is -0.490 e. The Hall–Kier alpha value is -2.07. The fraction of sp³-hybridized carbons (Fsp3) is 0.621. The highest BCUT2D eigenvalue weighted by molar-refractivity contribution is 5.84. The third-order valence-electron chi connectivity index (χ3n) is 9.04. The van der Waals surface area contributed by atoms with Crippen molar-refractivity contribution >= 4 is 16.7 Å². The van der Waals surface area contributed by atoms with Crippen LogP contribution in [0.1, 0.15) is 84.1 Å². The number of hydrogen-bond donors (Lipinski definition) is 2. The van der Waals surface area contributed by atoms with E-state index in [1.54, 1.807) is 0 Å². The smallest absolute Gasteiger partial charge is 0.309 e. The molecule has 2 aromatic carbocycles. The minimum absolute atomic E-state index is 0.0110. The largest absolute Gasteiger partial charge is 0.490 e. The molecule has 2 N–H and O–H groups in total. The van der Waals surface area contributed by atoms with Crippen molar-refractivity contribution in [3.05, 3.63) is 42.0 Å². The SMILES string of the molecule is CC(C)(C)[C@H]1CC[C@H](Oc2ccc3cc(CNC45CCC(C(=O)O)(CC4)C5)ccc3c2)CC1. The molecule has 2 bridgehead atoms. The molecular formula is C29H39NO3. The van der Waals surface area contributed by atoms with Gasteiger partial charge in [-0.3, -0.25) is 4.79 Å². The van der Waals surface area contributed by atoms with E-state index in [2.05, 4.69) is 62.5 Å². The lowest BCUT2D eigenvalue weighted by molar-refractivity contribution is -0.148. The quantitative estimate of drug-likeness (QED) is 0.515. The molecule has 0 saturated heterocycles. The Morgan fingerprint density at radius 2 is 1.67 bits per heavy atom. The van der Waals surface area contributed by atoms with Crippen LogP contribution in [0.4, 0.5) is 0 Å². The molecule has 0 unspecified atom stereocenters. The lowest BCUT2D eigenvalue weighted by Crippen LogP contribution is -2.40. The fourth-order valence-corrected chi connectivity index (χ4v) is 6.72. The number of aliphatic carboxylic acids is 1. The number of carbonyl (C=O) groups is 1.